The number of aromatic nitrogens is 2. The van der Waals surface area contributed by atoms with Gasteiger partial charge < -0.3 is 5.73 Å². The average Bonchev–Trinajstić information content (AvgIpc) is 2.43. The molecule has 0 radical (unpaired) electrons. The highest BCUT2D eigenvalue weighted by atomic mass is 35.5. The Morgan fingerprint density at radius 1 is 1.53 bits per heavy atom. The summed E-state index contributed by atoms with van der Waals surface area (Å²) in [7, 11) is 0. The van der Waals surface area contributed by atoms with E-state index in [1.807, 2.05) is 26.0 Å². The summed E-state index contributed by atoms with van der Waals surface area (Å²) >= 11 is 6.02. The van der Waals surface area contributed by atoms with Crippen molar-refractivity contribution in [3.8, 4) is 0 Å². The lowest BCUT2D eigenvalue weighted by atomic mass is 10.1. The molecule has 3 nitrogen and oxygen atoms in total. The third-order valence-corrected chi connectivity index (χ3v) is 2.68. The van der Waals surface area contributed by atoms with Crippen molar-refractivity contribution < 1.29 is 0 Å². The molecule has 15 heavy (non-hydrogen) atoms. The van der Waals surface area contributed by atoms with Gasteiger partial charge in [0.05, 0.1) is 5.52 Å². The molecular formula is C11H14ClN3. The molecule has 2 N–H and O–H groups in total. The van der Waals surface area contributed by atoms with Crippen LogP contribution >= 0.6 is 11.6 Å². The van der Waals surface area contributed by atoms with E-state index in [9.17, 15) is 0 Å². The summed E-state index contributed by atoms with van der Waals surface area (Å²) in [5.41, 5.74) is 7.91. The van der Waals surface area contributed by atoms with Gasteiger partial charge in [-0.3, -0.25) is 4.40 Å². The average molecular weight is 224 g/mol. The summed E-state index contributed by atoms with van der Waals surface area (Å²) in [5.74, 6) is 0.909. The minimum absolute atomic E-state index is 0.135. The fraction of sp³-hybridized carbons (Fsp3) is 0.364. The van der Waals surface area contributed by atoms with Crippen molar-refractivity contribution in [3.05, 3.63) is 34.9 Å². The molecule has 2 rings (SSSR count). The SMILES string of the molecule is Cc1nc(Cl)c2cccc(CC(C)N)n12. The summed E-state index contributed by atoms with van der Waals surface area (Å²) in [5, 5.41) is 0.555. The minimum atomic E-state index is 0.135. The lowest BCUT2D eigenvalue weighted by Gasteiger charge is -2.09. The second-order valence-electron chi connectivity index (χ2n) is 3.87. The minimum Gasteiger partial charge on any atom is -0.328 e. The molecular weight excluding hydrogens is 210 g/mol. The molecule has 1 atom stereocenters. The van der Waals surface area contributed by atoms with Gasteiger partial charge in [0, 0.05) is 18.2 Å². The van der Waals surface area contributed by atoms with E-state index in [0.717, 1.165) is 23.5 Å². The van der Waals surface area contributed by atoms with Crippen LogP contribution in [0, 0.1) is 6.92 Å². The largest absolute Gasteiger partial charge is 0.328 e. The third kappa shape index (κ3) is 1.85. The van der Waals surface area contributed by atoms with Gasteiger partial charge in [0.15, 0.2) is 5.15 Å². The van der Waals surface area contributed by atoms with E-state index >= 15 is 0 Å². The molecule has 0 aliphatic heterocycles. The first-order valence-corrected chi connectivity index (χ1v) is 5.35. The fourth-order valence-electron chi connectivity index (χ4n) is 1.84. The van der Waals surface area contributed by atoms with E-state index in [-0.39, 0.29) is 6.04 Å². The highest BCUT2D eigenvalue weighted by molar-refractivity contribution is 6.32. The van der Waals surface area contributed by atoms with Crippen LogP contribution in [0.5, 0.6) is 0 Å². The predicted octanol–water partition coefficient (Wildman–Crippen LogP) is 2.19. The van der Waals surface area contributed by atoms with Crippen molar-refractivity contribution in [3.63, 3.8) is 0 Å². The zero-order valence-electron chi connectivity index (χ0n) is 8.87. The molecule has 2 heterocycles. The van der Waals surface area contributed by atoms with Gasteiger partial charge in [0.2, 0.25) is 0 Å². The number of aryl methyl sites for hydroxylation is 1. The third-order valence-electron chi connectivity index (χ3n) is 2.40. The van der Waals surface area contributed by atoms with Crippen molar-refractivity contribution in [1.29, 1.82) is 0 Å². The zero-order valence-corrected chi connectivity index (χ0v) is 9.62. The Morgan fingerprint density at radius 3 is 2.93 bits per heavy atom. The molecule has 0 aliphatic carbocycles. The van der Waals surface area contributed by atoms with Gasteiger partial charge in [-0.2, -0.15) is 0 Å². The molecule has 2 aromatic heterocycles. The molecule has 0 saturated heterocycles. The lowest BCUT2D eigenvalue weighted by molar-refractivity contribution is 0.710. The van der Waals surface area contributed by atoms with Crippen molar-refractivity contribution in [2.75, 3.05) is 0 Å². The molecule has 80 valence electrons. The monoisotopic (exact) mass is 223 g/mol. The molecule has 4 heteroatoms. The van der Waals surface area contributed by atoms with Crippen LogP contribution in [0.2, 0.25) is 5.15 Å². The predicted molar refractivity (Wildman–Crippen MR) is 62.3 cm³/mol. The fourth-order valence-corrected chi connectivity index (χ4v) is 2.11. The molecule has 0 aromatic carbocycles. The van der Waals surface area contributed by atoms with E-state index < -0.39 is 0 Å². The van der Waals surface area contributed by atoms with Crippen LogP contribution in [0.3, 0.4) is 0 Å². The smallest absolute Gasteiger partial charge is 0.155 e. The van der Waals surface area contributed by atoms with E-state index in [4.69, 9.17) is 17.3 Å². The number of pyridine rings is 1. The number of hydrogen-bond acceptors (Lipinski definition) is 2. The molecule has 0 aliphatic rings. The van der Waals surface area contributed by atoms with Gasteiger partial charge in [-0.15, -0.1) is 0 Å². The van der Waals surface area contributed by atoms with Gasteiger partial charge in [0.25, 0.3) is 0 Å². The van der Waals surface area contributed by atoms with Crippen LogP contribution < -0.4 is 5.73 Å². The summed E-state index contributed by atoms with van der Waals surface area (Å²) < 4.78 is 2.06. The van der Waals surface area contributed by atoms with Crippen molar-refractivity contribution in [1.82, 2.24) is 9.38 Å². The Kier molecular flexibility index (Phi) is 2.67. The summed E-state index contributed by atoms with van der Waals surface area (Å²) in [6.07, 6.45) is 0.824. The molecule has 0 fully saturated rings. The van der Waals surface area contributed by atoms with Crippen molar-refractivity contribution in [2.24, 2.45) is 5.73 Å². The van der Waals surface area contributed by atoms with Crippen molar-refractivity contribution >= 4 is 17.1 Å². The normalized spacial score (nSPS) is 13.3. The number of rotatable bonds is 2. The quantitative estimate of drug-likeness (QED) is 0.848. The van der Waals surface area contributed by atoms with Crippen LogP contribution in [0.1, 0.15) is 18.4 Å². The molecule has 0 spiro atoms. The molecule has 0 bridgehead atoms. The zero-order chi connectivity index (χ0) is 11.0. The lowest BCUT2D eigenvalue weighted by Crippen LogP contribution is -2.19. The first kappa shape index (κ1) is 10.5. The van der Waals surface area contributed by atoms with E-state index in [1.54, 1.807) is 0 Å². The number of nitrogens with two attached hydrogens (primary N) is 1. The first-order chi connectivity index (χ1) is 7.09. The van der Waals surface area contributed by atoms with Gasteiger partial charge in [0.1, 0.15) is 5.82 Å². The van der Waals surface area contributed by atoms with Gasteiger partial charge in [-0.05, 0) is 26.0 Å². The van der Waals surface area contributed by atoms with Crippen LogP contribution in [0.25, 0.3) is 5.52 Å². The molecule has 2 aromatic rings. The maximum Gasteiger partial charge on any atom is 0.155 e. The molecule has 0 saturated carbocycles. The summed E-state index contributed by atoms with van der Waals surface area (Å²) in [4.78, 5) is 4.25. The maximum atomic E-state index is 6.02. The topological polar surface area (TPSA) is 43.3 Å². The number of fused-ring (bicyclic) bond motifs is 1. The van der Waals surface area contributed by atoms with Crippen molar-refractivity contribution in [2.45, 2.75) is 26.3 Å². The number of halogens is 1. The molecule has 1 unspecified atom stereocenters. The maximum absolute atomic E-state index is 6.02. The van der Waals surface area contributed by atoms with E-state index in [2.05, 4.69) is 15.5 Å². The van der Waals surface area contributed by atoms with Crippen LogP contribution in [-0.2, 0) is 6.42 Å². The summed E-state index contributed by atoms with van der Waals surface area (Å²) in [6.45, 7) is 3.94. The Morgan fingerprint density at radius 2 is 2.27 bits per heavy atom. The second-order valence-corrected chi connectivity index (χ2v) is 4.23. The summed E-state index contributed by atoms with van der Waals surface area (Å²) in [6, 6.07) is 6.14. The Hall–Kier alpha value is -1.06. The highest BCUT2D eigenvalue weighted by Gasteiger charge is 2.09. The van der Waals surface area contributed by atoms with Gasteiger partial charge in [-0.25, -0.2) is 4.98 Å². The first-order valence-electron chi connectivity index (χ1n) is 4.97. The van der Waals surface area contributed by atoms with Gasteiger partial charge in [-0.1, -0.05) is 17.7 Å². The second kappa shape index (κ2) is 3.83. The standard InChI is InChI=1S/C11H14ClN3/c1-7(13)6-9-4-3-5-10-11(12)14-8(2)15(9)10/h3-5,7H,6,13H2,1-2H3. The van der Waals surface area contributed by atoms with E-state index in [1.165, 1.54) is 0 Å². The number of imidazole rings is 1. The Labute approximate surface area is 93.9 Å². The molecule has 0 amide bonds. The van der Waals surface area contributed by atoms with E-state index in [0.29, 0.717) is 5.15 Å². The number of nitrogens with zero attached hydrogens (tertiary/aromatic N) is 2. The van der Waals surface area contributed by atoms with Crippen LogP contribution in [0.4, 0.5) is 0 Å². The number of hydrogen-bond donors (Lipinski definition) is 1. The Balaban J connectivity index is 2.64. The Bertz CT molecular complexity index is 488. The van der Waals surface area contributed by atoms with Crippen LogP contribution in [-0.4, -0.2) is 15.4 Å². The highest BCUT2D eigenvalue weighted by Crippen LogP contribution is 2.20. The van der Waals surface area contributed by atoms with Gasteiger partial charge >= 0.3 is 0 Å². The van der Waals surface area contributed by atoms with Crippen LogP contribution in [0.15, 0.2) is 18.2 Å².